The van der Waals surface area contributed by atoms with Gasteiger partial charge in [-0.1, -0.05) is 68.4 Å². The summed E-state index contributed by atoms with van der Waals surface area (Å²) >= 11 is -1.13. The molecule has 0 amide bonds. The Kier molecular flexibility index (Phi) is 5.90. The van der Waals surface area contributed by atoms with Crippen molar-refractivity contribution in [3.8, 4) is 0 Å². The zero-order valence-corrected chi connectivity index (χ0v) is 15.5. The van der Waals surface area contributed by atoms with Crippen LogP contribution in [-0.4, -0.2) is 9.30 Å². The van der Waals surface area contributed by atoms with Crippen molar-refractivity contribution < 1.29 is 4.55 Å². The van der Waals surface area contributed by atoms with E-state index in [-0.39, 0.29) is 10.8 Å². The molecule has 0 fully saturated rings. The number of hydrogen-bond donors (Lipinski definition) is 1. The Bertz CT molecular complexity index is 602. The number of benzene rings is 2. The van der Waals surface area contributed by atoms with Crippen LogP contribution in [0, 0.1) is 0 Å². The zero-order valence-electron chi connectivity index (χ0n) is 14.7. The van der Waals surface area contributed by atoms with Crippen LogP contribution in [0.1, 0.15) is 63.3 Å². The Balaban J connectivity index is 2.33. The lowest BCUT2D eigenvalue weighted by Gasteiger charge is -2.28. The first-order chi connectivity index (χ1) is 10.8. The smallest absolute Gasteiger partial charge is 0.136 e. The Labute approximate surface area is 143 Å². The van der Waals surface area contributed by atoms with E-state index in [4.69, 9.17) is 0 Å². The van der Waals surface area contributed by atoms with Crippen molar-refractivity contribution in [2.75, 3.05) is 0 Å². The molecule has 0 spiro atoms. The molecule has 0 bridgehead atoms. The van der Waals surface area contributed by atoms with Crippen molar-refractivity contribution in [2.24, 2.45) is 0 Å². The maximum Gasteiger partial charge on any atom is 0.136 e. The van der Waals surface area contributed by atoms with Crippen LogP contribution < -0.4 is 4.72 Å². The molecule has 2 nitrogen and oxygen atoms in total. The molecule has 1 N–H and O–H groups in total. The number of nitrogens with one attached hydrogen (secondary N) is 1. The second kappa shape index (κ2) is 7.52. The molecule has 0 heterocycles. The van der Waals surface area contributed by atoms with Crippen LogP contribution in [0.3, 0.4) is 0 Å². The topological polar surface area (TPSA) is 35.1 Å². The Hall–Kier alpha value is -1.29. The molecule has 2 atom stereocenters. The maximum absolute atomic E-state index is 12.6. The first kappa shape index (κ1) is 18.1. The molecule has 2 aromatic carbocycles. The van der Waals surface area contributed by atoms with Gasteiger partial charge in [0.25, 0.3) is 0 Å². The molecule has 0 aliphatic heterocycles. The SMILES string of the molecule is CC(C)c1ccc([C@@H](N[S@+]([O-])C(C)(C)C)c2ccccc2)cc1. The molecule has 23 heavy (non-hydrogen) atoms. The van der Waals surface area contributed by atoms with E-state index >= 15 is 0 Å². The Morgan fingerprint density at radius 1 is 0.826 bits per heavy atom. The molecule has 2 rings (SSSR count). The molecule has 2 aromatic rings. The van der Waals surface area contributed by atoms with E-state index < -0.39 is 11.4 Å². The average Bonchev–Trinajstić information content (AvgIpc) is 2.52. The van der Waals surface area contributed by atoms with Crippen molar-refractivity contribution in [1.82, 2.24) is 4.72 Å². The third kappa shape index (κ3) is 4.84. The van der Waals surface area contributed by atoms with Gasteiger partial charge in [0.1, 0.15) is 10.8 Å². The summed E-state index contributed by atoms with van der Waals surface area (Å²) in [6.07, 6.45) is 0. The first-order valence-electron chi connectivity index (χ1n) is 8.12. The second-order valence-corrected chi connectivity index (χ2v) is 9.16. The van der Waals surface area contributed by atoms with Gasteiger partial charge in [0, 0.05) is 11.4 Å². The third-order valence-corrected chi connectivity index (χ3v) is 5.41. The monoisotopic (exact) mass is 329 g/mol. The van der Waals surface area contributed by atoms with Crippen molar-refractivity contribution >= 4 is 11.4 Å². The van der Waals surface area contributed by atoms with E-state index in [2.05, 4.69) is 55.0 Å². The summed E-state index contributed by atoms with van der Waals surface area (Å²) in [5.74, 6) is 0.510. The van der Waals surface area contributed by atoms with Gasteiger partial charge in [-0.25, -0.2) is 0 Å². The lowest BCUT2D eigenvalue weighted by Crippen LogP contribution is -2.41. The van der Waals surface area contributed by atoms with Crippen LogP contribution in [0.15, 0.2) is 54.6 Å². The molecule has 0 radical (unpaired) electrons. The minimum atomic E-state index is -1.13. The summed E-state index contributed by atoms with van der Waals surface area (Å²) in [5.41, 5.74) is 3.58. The van der Waals surface area contributed by atoms with Gasteiger partial charge in [-0.2, -0.15) is 0 Å². The number of rotatable bonds is 5. The van der Waals surface area contributed by atoms with Gasteiger partial charge in [-0.05, 0) is 43.4 Å². The van der Waals surface area contributed by atoms with Gasteiger partial charge in [-0.15, -0.1) is 4.72 Å². The van der Waals surface area contributed by atoms with Crippen LogP contribution >= 0.6 is 0 Å². The molecule has 3 heteroatoms. The van der Waals surface area contributed by atoms with Crippen molar-refractivity contribution in [2.45, 2.75) is 51.3 Å². The van der Waals surface area contributed by atoms with Crippen LogP contribution in [0.25, 0.3) is 0 Å². The van der Waals surface area contributed by atoms with E-state index in [1.165, 1.54) is 5.56 Å². The summed E-state index contributed by atoms with van der Waals surface area (Å²) in [6, 6.07) is 18.7. The fourth-order valence-corrected chi connectivity index (χ4v) is 3.17. The maximum atomic E-state index is 12.6. The highest BCUT2D eigenvalue weighted by molar-refractivity contribution is 7.90. The summed E-state index contributed by atoms with van der Waals surface area (Å²) in [7, 11) is 0. The van der Waals surface area contributed by atoms with E-state index in [1.54, 1.807) is 0 Å². The van der Waals surface area contributed by atoms with Gasteiger partial charge in [0.05, 0.1) is 0 Å². The Morgan fingerprint density at radius 2 is 1.30 bits per heavy atom. The number of hydrogen-bond acceptors (Lipinski definition) is 2. The third-order valence-electron chi connectivity index (χ3n) is 3.85. The van der Waals surface area contributed by atoms with Crippen molar-refractivity contribution in [3.63, 3.8) is 0 Å². The Morgan fingerprint density at radius 3 is 1.78 bits per heavy atom. The van der Waals surface area contributed by atoms with Gasteiger partial charge in [0.2, 0.25) is 0 Å². The molecule has 0 saturated carbocycles. The lowest BCUT2D eigenvalue weighted by atomic mass is 9.96. The zero-order chi connectivity index (χ0) is 17.0. The normalized spacial score (nSPS) is 14.7. The predicted molar refractivity (Wildman–Crippen MR) is 99.8 cm³/mol. The second-order valence-electron chi connectivity index (χ2n) is 7.16. The molecule has 124 valence electrons. The molecule has 0 aliphatic rings. The average molecular weight is 330 g/mol. The summed E-state index contributed by atoms with van der Waals surface area (Å²) < 4.78 is 15.6. The van der Waals surface area contributed by atoms with Gasteiger partial charge < -0.3 is 4.55 Å². The fraction of sp³-hybridized carbons (Fsp3) is 0.400. The van der Waals surface area contributed by atoms with E-state index in [9.17, 15) is 4.55 Å². The lowest BCUT2D eigenvalue weighted by molar-refractivity contribution is 0.535. The van der Waals surface area contributed by atoms with E-state index in [0.717, 1.165) is 11.1 Å². The van der Waals surface area contributed by atoms with Crippen LogP contribution in [0.5, 0.6) is 0 Å². The highest BCUT2D eigenvalue weighted by Crippen LogP contribution is 2.27. The van der Waals surface area contributed by atoms with Gasteiger partial charge in [-0.3, -0.25) is 0 Å². The largest absolute Gasteiger partial charge is 0.598 e. The molecular weight excluding hydrogens is 302 g/mol. The van der Waals surface area contributed by atoms with E-state index in [0.29, 0.717) is 5.92 Å². The van der Waals surface area contributed by atoms with Gasteiger partial charge in [0.15, 0.2) is 0 Å². The van der Waals surface area contributed by atoms with Crippen LogP contribution in [0.4, 0.5) is 0 Å². The van der Waals surface area contributed by atoms with Crippen LogP contribution in [-0.2, 0) is 11.4 Å². The minimum absolute atomic E-state index is 0.0718. The molecular formula is C20H27NOS. The molecule has 0 unspecified atom stereocenters. The summed E-state index contributed by atoms with van der Waals surface area (Å²) in [5, 5.41) is 0. The molecule has 0 aromatic heterocycles. The quantitative estimate of drug-likeness (QED) is 0.788. The van der Waals surface area contributed by atoms with Gasteiger partial charge >= 0.3 is 0 Å². The predicted octanol–water partition coefficient (Wildman–Crippen LogP) is 4.95. The van der Waals surface area contributed by atoms with E-state index in [1.807, 2.05) is 39.0 Å². The molecule has 0 aliphatic carbocycles. The fourth-order valence-electron chi connectivity index (χ4n) is 2.33. The summed E-state index contributed by atoms with van der Waals surface area (Å²) in [6.45, 7) is 10.3. The highest BCUT2D eigenvalue weighted by Gasteiger charge is 2.30. The highest BCUT2D eigenvalue weighted by atomic mass is 32.2. The van der Waals surface area contributed by atoms with Crippen LogP contribution in [0.2, 0.25) is 0 Å². The minimum Gasteiger partial charge on any atom is -0.598 e. The van der Waals surface area contributed by atoms with Crippen molar-refractivity contribution in [1.29, 1.82) is 0 Å². The standard InChI is InChI=1S/C20H27NOS/c1-15(2)16-11-13-18(14-12-16)19(17-9-7-6-8-10-17)21-23(22)20(3,4)5/h6-15,19,21H,1-5H3/t19-,23+/m0/s1. The first-order valence-corrected chi connectivity index (χ1v) is 9.27. The summed E-state index contributed by atoms with van der Waals surface area (Å²) in [4.78, 5) is 0. The van der Waals surface area contributed by atoms with Crippen molar-refractivity contribution in [3.05, 3.63) is 71.3 Å². The molecule has 0 saturated heterocycles.